The molecule has 2 aromatic rings. The Morgan fingerprint density at radius 2 is 2.05 bits per heavy atom. The second-order valence-electron chi connectivity index (χ2n) is 5.04. The highest BCUT2D eigenvalue weighted by Crippen LogP contribution is 2.32. The molecule has 0 saturated carbocycles. The van der Waals surface area contributed by atoms with Gasteiger partial charge in [-0.15, -0.1) is 0 Å². The lowest BCUT2D eigenvalue weighted by molar-refractivity contribution is 0.462. The van der Waals surface area contributed by atoms with Crippen molar-refractivity contribution in [2.24, 2.45) is 0 Å². The summed E-state index contributed by atoms with van der Waals surface area (Å²) in [4.78, 5) is 0. The highest BCUT2D eigenvalue weighted by molar-refractivity contribution is 9.10. The van der Waals surface area contributed by atoms with Crippen LogP contribution < -0.4 is 10.1 Å². The molecule has 0 fully saturated rings. The van der Waals surface area contributed by atoms with Gasteiger partial charge in [0.15, 0.2) is 5.75 Å². The minimum Gasteiger partial charge on any atom is -0.454 e. The number of nitrogens with one attached hydrogen (secondary N) is 1. The standard InChI is InChI=1S/C15H20BrN3O/c1-10(2)19-9-13(8-18-19)20-15-7-12(16)5-6-14(15)11(3)17-4/h5-11,17H,1-4H3. The minimum absolute atomic E-state index is 0.221. The molecule has 1 aromatic carbocycles. The van der Waals surface area contributed by atoms with Crippen molar-refractivity contribution in [3.63, 3.8) is 0 Å². The Balaban J connectivity index is 2.29. The first-order valence-corrected chi connectivity index (χ1v) is 7.49. The fourth-order valence-electron chi connectivity index (χ4n) is 1.89. The Hall–Kier alpha value is -1.33. The molecule has 0 aliphatic carbocycles. The lowest BCUT2D eigenvalue weighted by Gasteiger charge is -2.16. The maximum Gasteiger partial charge on any atom is 0.165 e. The average molecular weight is 338 g/mol. The summed E-state index contributed by atoms with van der Waals surface area (Å²) in [5.41, 5.74) is 1.12. The summed E-state index contributed by atoms with van der Waals surface area (Å²) in [5, 5.41) is 7.53. The maximum atomic E-state index is 5.99. The van der Waals surface area contributed by atoms with E-state index in [1.54, 1.807) is 6.20 Å². The van der Waals surface area contributed by atoms with Gasteiger partial charge in [-0.25, -0.2) is 0 Å². The third kappa shape index (κ3) is 3.41. The van der Waals surface area contributed by atoms with Gasteiger partial charge in [0.25, 0.3) is 0 Å². The molecule has 4 nitrogen and oxygen atoms in total. The molecule has 0 radical (unpaired) electrons. The summed E-state index contributed by atoms with van der Waals surface area (Å²) in [6, 6.07) is 6.61. The molecule has 0 bridgehead atoms. The maximum absolute atomic E-state index is 5.99. The van der Waals surface area contributed by atoms with E-state index < -0.39 is 0 Å². The van der Waals surface area contributed by atoms with Crippen LogP contribution in [0.25, 0.3) is 0 Å². The number of rotatable bonds is 5. The van der Waals surface area contributed by atoms with Crippen LogP contribution in [0.4, 0.5) is 0 Å². The molecule has 0 aliphatic heterocycles. The second-order valence-corrected chi connectivity index (χ2v) is 5.96. The normalized spacial score (nSPS) is 12.7. The molecule has 0 amide bonds. The summed E-state index contributed by atoms with van der Waals surface area (Å²) >= 11 is 3.49. The van der Waals surface area contributed by atoms with Gasteiger partial charge in [0.05, 0.1) is 12.4 Å². The van der Waals surface area contributed by atoms with Crippen LogP contribution in [0.2, 0.25) is 0 Å². The van der Waals surface area contributed by atoms with E-state index in [0.717, 1.165) is 21.5 Å². The van der Waals surface area contributed by atoms with Crippen LogP contribution in [0.1, 0.15) is 38.4 Å². The van der Waals surface area contributed by atoms with E-state index in [-0.39, 0.29) is 6.04 Å². The molecule has 5 heteroatoms. The molecule has 108 valence electrons. The van der Waals surface area contributed by atoms with Gasteiger partial charge in [-0.2, -0.15) is 5.10 Å². The van der Waals surface area contributed by atoms with Crippen molar-refractivity contribution in [2.45, 2.75) is 32.9 Å². The van der Waals surface area contributed by atoms with Crippen molar-refractivity contribution in [2.75, 3.05) is 7.05 Å². The zero-order chi connectivity index (χ0) is 14.7. The van der Waals surface area contributed by atoms with Gasteiger partial charge < -0.3 is 10.1 Å². The summed E-state index contributed by atoms with van der Waals surface area (Å²) in [6.45, 7) is 6.28. The second kappa shape index (κ2) is 6.41. The van der Waals surface area contributed by atoms with Crippen LogP contribution in [-0.2, 0) is 0 Å². The Kier molecular flexibility index (Phi) is 4.83. The fourth-order valence-corrected chi connectivity index (χ4v) is 2.23. The lowest BCUT2D eigenvalue weighted by Crippen LogP contribution is -2.13. The fraction of sp³-hybridized carbons (Fsp3) is 0.400. The smallest absolute Gasteiger partial charge is 0.165 e. The monoisotopic (exact) mass is 337 g/mol. The third-order valence-electron chi connectivity index (χ3n) is 3.21. The number of aromatic nitrogens is 2. The van der Waals surface area contributed by atoms with Crippen LogP contribution >= 0.6 is 15.9 Å². The van der Waals surface area contributed by atoms with Crippen LogP contribution in [-0.4, -0.2) is 16.8 Å². The van der Waals surface area contributed by atoms with Crippen molar-refractivity contribution in [3.05, 3.63) is 40.6 Å². The highest BCUT2D eigenvalue weighted by atomic mass is 79.9. The quantitative estimate of drug-likeness (QED) is 0.883. The molecule has 1 heterocycles. The lowest BCUT2D eigenvalue weighted by atomic mass is 10.1. The van der Waals surface area contributed by atoms with Gasteiger partial charge in [-0.3, -0.25) is 4.68 Å². The number of hydrogen-bond donors (Lipinski definition) is 1. The van der Waals surface area contributed by atoms with E-state index in [0.29, 0.717) is 6.04 Å². The van der Waals surface area contributed by atoms with E-state index in [4.69, 9.17) is 4.74 Å². The van der Waals surface area contributed by atoms with E-state index in [1.807, 2.05) is 30.1 Å². The zero-order valence-electron chi connectivity index (χ0n) is 12.2. The largest absolute Gasteiger partial charge is 0.454 e. The van der Waals surface area contributed by atoms with Gasteiger partial charge in [0.2, 0.25) is 0 Å². The van der Waals surface area contributed by atoms with E-state index >= 15 is 0 Å². The van der Waals surface area contributed by atoms with Crippen LogP contribution in [0.5, 0.6) is 11.5 Å². The van der Waals surface area contributed by atoms with E-state index in [2.05, 4.69) is 53.2 Å². The first-order valence-electron chi connectivity index (χ1n) is 6.70. The molecule has 2 rings (SSSR count). The first-order chi connectivity index (χ1) is 9.51. The van der Waals surface area contributed by atoms with Gasteiger partial charge >= 0.3 is 0 Å². The number of benzene rings is 1. The molecular weight excluding hydrogens is 318 g/mol. The number of nitrogens with zero attached hydrogens (tertiary/aromatic N) is 2. The van der Waals surface area contributed by atoms with Crippen molar-refractivity contribution in [3.8, 4) is 11.5 Å². The SMILES string of the molecule is CNC(C)c1ccc(Br)cc1Oc1cnn(C(C)C)c1. The summed E-state index contributed by atoms with van der Waals surface area (Å²) in [6.07, 6.45) is 3.66. The molecular formula is C15H20BrN3O. The van der Waals surface area contributed by atoms with Crippen LogP contribution in [0, 0.1) is 0 Å². The number of halogens is 1. The van der Waals surface area contributed by atoms with E-state index in [9.17, 15) is 0 Å². The summed E-state index contributed by atoms with van der Waals surface area (Å²) in [5.74, 6) is 1.59. The zero-order valence-corrected chi connectivity index (χ0v) is 13.8. The average Bonchev–Trinajstić information content (AvgIpc) is 2.87. The molecule has 0 spiro atoms. The Morgan fingerprint density at radius 1 is 1.30 bits per heavy atom. The van der Waals surface area contributed by atoms with Crippen LogP contribution in [0.3, 0.4) is 0 Å². The molecule has 0 saturated heterocycles. The van der Waals surface area contributed by atoms with Gasteiger partial charge in [0.1, 0.15) is 5.75 Å². The van der Waals surface area contributed by atoms with Crippen molar-refractivity contribution in [1.29, 1.82) is 0 Å². The van der Waals surface area contributed by atoms with Gasteiger partial charge in [-0.05, 0) is 40.0 Å². The topological polar surface area (TPSA) is 39.1 Å². The summed E-state index contributed by atoms with van der Waals surface area (Å²) in [7, 11) is 1.94. The predicted molar refractivity (Wildman–Crippen MR) is 84.3 cm³/mol. The van der Waals surface area contributed by atoms with Crippen LogP contribution in [0.15, 0.2) is 35.1 Å². The van der Waals surface area contributed by atoms with Crippen molar-refractivity contribution >= 4 is 15.9 Å². The van der Waals surface area contributed by atoms with Crippen molar-refractivity contribution < 1.29 is 4.74 Å². The number of ether oxygens (including phenoxy) is 1. The minimum atomic E-state index is 0.221. The molecule has 1 aromatic heterocycles. The molecule has 1 unspecified atom stereocenters. The van der Waals surface area contributed by atoms with Crippen molar-refractivity contribution in [1.82, 2.24) is 15.1 Å². The van der Waals surface area contributed by atoms with Gasteiger partial charge in [-0.1, -0.05) is 22.0 Å². The van der Waals surface area contributed by atoms with E-state index in [1.165, 1.54) is 0 Å². The molecule has 1 N–H and O–H groups in total. The molecule has 20 heavy (non-hydrogen) atoms. The van der Waals surface area contributed by atoms with Gasteiger partial charge in [0, 0.05) is 22.1 Å². The predicted octanol–water partition coefficient (Wildman–Crippen LogP) is 4.30. The third-order valence-corrected chi connectivity index (χ3v) is 3.70. The Labute approximate surface area is 128 Å². The molecule has 0 aliphatic rings. The Morgan fingerprint density at radius 3 is 2.65 bits per heavy atom. The first kappa shape index (κ1) is 15.1. The molecule has 1 atom stereocenters. The highest BCUT2D eigenvalue weighted by Gasteiger charge is 2.12. The number of hydrogen-bond acceptors (Lipinski definition) is 3. The Bertz CT molecular complexity index is 580. The summed E-state index contributed by atoms with van der Waals surface area (Å²) < 4.78 is 8.87.